The summed E-state index contributed by atoms with van der Waals surface area (Å²) >= 11 is 0. The minimum atomic E-state index is -0.378. The zero-order valence-electron chi connectivity index (χ0n) is 15.6. The third-order valence-corrected chi connectivity index (χ3v) is 4.71. The van der Waals surface area contributed by atoms with Crippen molar-refractivity contribution in [2.75, 3.05) is 26.2 Å². The van der Waals surface area contributed by atoms with Gasteiger partial charge in [-0.3, -0.25) is 9.88 Å². The largest absolute Gasteiger partial charge is 0.468 e. The molecular weight excluding hydrogens is 360 g/mol. The summed E-state index contributed by atoms with van der Waals surface area (Å²) < 4.78 is 10.7. The number of amides is 2. The first-order chi connectivity index (χ1) is 13.7. The second-order valence-corrected chi connectivity index (χ2v) is 6.71. The lowest BCUT2D eigenvalue weighted by molar-refractivity contribution is 0.127. The average molecular weight is 382 g/mol. The molecule has 1 N–H and O–H groups in total. The number of aromatic nitrogens is 3. The van der Waals surface area contributed by atoms with Crippen LogP contribution in [0.1, 0.15) is 24.6 Å². The first kappa shape index (κ1) is 18.2. The molecule has 0 saturated carbocycles. The number of pyridine rings is 1. The molecule has 1 unspecified atom stereocenters. The van der Waals surface area contributed by atoms with E-state index in [-0.39, 0.29) is 12.1 Å². The van der Waals surface area contributed by atoms with E-state index in [4.69, 9.17) is 8.94 Å². The van der Waals surface area contributed by atoms with Gasteiger partial charge in [-0.05, 0) is 31.2 Å². The van der Waals surface area contributed by atoms with E-state index in [1.807, 2.05) is 19.1 Å². The maximum Gasteiger partial charge on any atom is 0.318 e. The Morgan fingerprint density at radius 3 is 2.71 bits per heavy atom. The molecule has 4 heterocycles. The van der Waals surface area contributed by atoms with Crippen molar-refractivity contribution in [3.8, 4) is 11.4 Å². The molecule has 9 heteroatoms. The Kier molecular flexibility index (Phi) is 5.34. The van der Waals surface area contributed by atoms with E-state index < -0.39 is 0 Å². The highest BCUT2D eigenvalue weighted by Gasteiger charge is 2.24. The lowest BCUT2D eigenvalue weighted by atomic mass is 10.2. The van der Waals surface area contributed by atoms with Gasteiger partial charge in [0, 0.05) is 44.1 Å². The molecule has 0 bridgehead atoms. The standard InChI is InChI=1S/C19H22N6O3/c1-14(18-22-17(23-28-18)15-4-6-20-7-5-15)21-19(26)25-10-8-24(9-11-25)13-16-3-2-12-27-16/h2-7,12,14H,8-11,13H2,1H3,(H,21,26). The molecule has 0 aromatic carbocycles. The zero-order valence-corrected chi connectivity index (χ0v) is 15.6. The van der Waals surface area contributed by atoms with Crippen LogP contribution in [0, 0.1) is 0 Å². The summed E-state index contributed by atoms with van der Waals surface area (Å²) in [4.78, 5) is 25.0. The van der Waals surface area contributed by atoms with Crippen LogP contribution in [0.15, 0.2) is 51.9 Å². The van der Waals surface area contributed by atoms with Gasteiger partial charge in [-0.1, -0.05) is 5.16 Å². The molecule has 1 aliphatic rings. The van der Waals surface area contributed by atoms with E-state index >= 15 is 0 Å². The molecule has 4 rings (SSSR count). The first-order valence-corrected chi connectivity index (χ1v) is 9.23. The molecule has 1 aliphatic heterocycles. The number of nitrogens with zero attached hydrogens (tertiary/aromatic N) is 5. The smallest absolute Gasteiger partial charge is 0.318 e. The summed E-state index contributed by atoms with van der Waals surface area (Å²) in [5.41, 5.74) is 0.816. The number of urea groups is 1. The minimum absolute atomic E-state index is 0.131. The van der Waals surface area contributed by atoms with Crippen molar-refractivity contribution in [2.24, 2.45) is 0 Å². The van der Waals surface area contributed by atoms with E-state index in [0.29, 0.717) is 24.8 Å². The average Bonchev–Trinajstić information content (AvgIpc) is 3.41. The third-order valence-electron chi connectivity index (χ3n) is 4.71. The predicted molar refractivity (Wildman–Crippen MR) is 100 cm³/mol. The molecule has 3 aromatic heterocycles. The second-order valence-electron chi connectivity index (χ2n) is 6.71. The summed E-state index contributed by atoms with van der Waals surface area (Å²) in [6.07, 6.45) is 5.02. The molecule has 1 atom stereocenters. The van der Waals surface area contributed by atoms with Crippen molar-refractivity contribution in [1.29, 1.82) is 0 Å². The lowest BCUT2D eigenvalue weighted by Crippen LogP contribution is -2.51. The van der Waals surface area contributed by atoms with Gasteiger partial charge in [0.25, 0.3) is 0 Å². The Hall–Kier alpha value is -3.20. The van der Waals surface area contributed by atoms with E-state index in [9.17, 15) is 4.79 Å². The number of furan rings is 1. The highest BCUT2D eigenvalue weighted by molar-refractivity contribution is 5.74. The molecule has 0 spiro atoms. The van der Waals surface area contributed by atoms with Gasteiger partial charge in [0.2, 0.25) is 11.7 Å². The molecule has 28 heavy (non-hydrogen) atoms. The Bertz CT molecular complexity index is 888. The van der Waals surface area contributed by atoms with E-state index in [2.05, 4.69) is 25.3 Å². The SMILES string of the molecule is CC(NC(=O)N1CCN(Cc2ccco2)CC1)c1nc(-c2ccncc2)no1. The number of carbonyl (C=O) groups is 1. The van der Waals surface area contributed by atoms with Gasteiger partial charge in [-0.2, -0.15) is 4.98 Å². The number of carbonyl (C=O) groups excluding carboxylic acids is 1. The fraction of sp³-hybridized carbons (Fsp3) is 0.368. The van der Waals surface area contributed by atoms with Gasteiger partial charge < -0.3 is 19.2 Å². The maximum absolute atomic E-state index is 12.6. The summed E-state index contributed by atoms with van der Waals surface area (Å²) in [6.45, 7) is 5.51. The van der Waals surface area contributed by atoms with Crippen molar-refractivity contribution >= 4 is 6.03 Å². The topological polar surface area (TPSA) is 101 Å². The van der Waals surface area contributed by atoms with Crippen LogP contribution >= 0.6 is 0 Å². The molecule has 1 saturated heterocycles. The van der Waals surface area contributed by atoms with Gasteiger partial charge in [0.05, 0.1) is 12.8 Å². The normalized spacial score (nSPS) is 16.1. The van der Waals surface area contributed by atoms with Crippen molar-refractivity contribution in [1.82, 2.24) is 30.2 Å². The van der Waals surface area contributed by atoms with Crippen LogP contribution in [0.25, 0.3) is 11.4 Å². The summed E-state index contributed by atoms with van der Waals surface area (Å²) in [7, 11) is 0. The molecule has 9 nitrogen and oxygen atoms in total. The predicted octanol–water partition coefficient (Wildman–Crippen LogP) is 2.31. The van der Waals surface area contributed by atoms with Gasteiger partial charge in [-0.25, -0.2) is 4.79 Å². The minimum Gasteiger partial charge on any atom is -0.468 e. The van der Waals surface area contributed by atoms with Crippen LogP contribution in [0.3, 0.4) is 0 Å². The van der Waals surface area contributed by atoms with Gasteiger partial charge >= 0.3 is 6.03 Å². The molecule has 0 radical (unpaired) electrons. The van der Waals surface area contributed by atoms with Crippen LogP contribution in [0.5, 0.6) is 0 Å². The zero-order chi connectivity index (χ0) is 19.3. The van der Waals surface area contributed by atoms with Crippen molar-refractivity contribution in [3.63, 3.8) is 0 Å². The van der Waals surface area contributed by atoms with Crippen molar-refractivity contribution < 1.29 is 13.7 Å². The Morgan fingerprint density at radius 2 is 2.00 bits per heavy atom. The van der Waals surface area contributed by atoms with E-state index in [0.717, 1.165) is 31.0 Å². The molecule has 0 aliphatic carbocycles. The number of hydrogen-bond donors (Lipinski definition) is 1. The Labute approximate surface area is 162 Å². The quantitative estimate of drug-likeness (QED) is 0.723. The monoisotopic (exact) mass is 382 g/mol. The fourth-order valence-electron chi connectivity index (χ4n) is 3.10. The van der Waals surface area contributed by atoms with Gasteiger partial charge in [0.1, 0.15) is 11.8 Å². The highest BCUT2D eigenvalue weighted by atomic mass is 16.5. The van der Waals surface area contributed by atoms with E-state index in [1.165, 1.54) is 0 Å². The van der Waals surface area contributed by atoms with Crippen LogP contribution in [0.4, 0.5) is 4.79 Å². The van der Waals surface area contributed by atoms with Crippen LogP contribution in [-0.2, 0) is 6.54 Å². The van der Waals surface area contributed by atoms with Crippen LogP contribution in [-0.4, -0.2) is 57.1 Å². The van der Waals surface area contributed by atoms with Crippen molar-refractivity contribution in [3.05, 3.63) is 54.6 Å². The summed E-state index contributed by atoms with van der Waals surface area (Å²) in [5.74, 6) is 1.79. The second kappa shape index (κ2) is 8.22. The van der Waals surface area contributed by atoms with Gasteiger partial charge in [-0.15, -0.1) is 0 Å². The summed E-state index contributed by atoms with van der Waals surface area (Å²) in [5, 5.41) is 6.91. The fourth-order valence-corrected chi connectivity index (χ4v) is 3.10. The maximum atomic E-state index is 12.6. The number of hydrogen-bond acceptors (Lipinski definition) is 7. The first-order valence-electron chi connectivity index (χ1n) is 9.23. The lowest BCUT2D eigenvalue weighted by Gasteiger charge is -2.34. The Morgan fingerprint density at radius 1 is 1.21 bits per heavy atom. The van der Waals surface area contributed by atoms with Crippen molar-refractivity contribution in [2.45, 2.75) is 19.5 Å². The highest BCUT2D eigenvalue weighted by Crippen LogP contribution is 2.18. The molecule has 2 amide bonds. The Balaban J connectivity index is 1.29. The number of piperazine rings is 1. The molecule has 3 aromatic rings. The summed E-state index contributed by atoms with van der Waals surface area (Å²) in [6, 6.07) is 6.95. The molecule has 146 valence electrons. The van der Waals surface area contributed by atoms with E-state index in [1.54, 1.807) is 35.7 Å². The molecule has 1 fully saturated rings. The van der Waals surface area contributed by atoms with Crippen LogP contribution in [0.2, 0.25) is 0 Å². The number of nitrogens with one attached hydrogen (secondary N) is 1. The van der Waals surface area contributed by atoms with Gasteiger partial charge in [0.15, 0.2) is 0 Å². The molecular formula is C19H22N6O3. The number of rotatable bonds is 5. The third kappa shape index (κ3) is 4.20. The van der Waals surface area contributed by atoms with Crippen LogP contribution < -0.4 is 5.32 Å².